The second-order valence-electron chi connectivity index (χ2n) is 3.80. The van der Waals surface area contributed by atoms with Gasteiger partial charge in [-0.3, -0.25) is 9.88 Å². The molecular weight excluding hydrogens is 174 g/mol. The fourth-order valence-corrected chi connectivity index (χ4v) is 1.98. The van der Waals surface area contributed by atoms with E-state index >= 15 is 0 Å². The van der Waals surface area contributed by atoms with E-state index in [0.717, 1.165) is 12.2 Å². The molecule has 1 fully saturated rings. The first kappa shape index (κ1) is 9.62. The molecule has 1 aromatic rings. The maximum absolute atomic E-state index is 5.64. The van der Waals surface area contributed by atoms with Gasteiger partial charge in [0.2, 0.25) is 0 Å². The highest BCUT2D eigenvalue weighted by molar-refractivity contribution is 5.19. The second-order valence-corrected chi connectivity index (χ2v) is 3.80. The van der Waals surface area contributed by atoms with Crippen molar-refractivity contribution in [3.05, 3.63) is 29.6 Å². The van der Waals surface area contributed by atoms with Gasteiger partial charge < -0.3 is 5.73 Å². The number of rotatable bonds is 3. The Labute approximate surface area is 84.9 Å². The summed E-state index contributed by atoms with van der Waals surface area (Å²) in [4.78, 5) is 6.76. The number of pyridine rings is 1. The zero-order valence-electron chi connectivity index (χ0n) is 8.45. The van der Waals surface area contributed by atoms with E-state index in [1.54, 1.807) is 0 Å². The Morgan fingerprint density at radius 1 is 1.36 bits per heavy atom. The zero-order chi connectivity index (χ0) is 9.80. The van der Waals surface area contributed by atoms with Gasteiger partial charge in [-0.15, -0.1) is 0 Å². The fourth-order valence-electron chi connectivity index (χ4n) is 1.98. The average Bonchev–Trinajstić information content (AvgIpc) is 2.71. The van der Waals surface area contributed by atoms with E-state index in [0.29, 0.717) is 6.54 Å². The minimum absolute atomic E-state index is 0.546. The van der Waals surface area contributed by atoms with Crippen molar-refractivity contribution < 1.29 is 0 Å². The molecule has 0 amide bonds. The summed E-state index contributed by atoms with van der Waals surface area (Å²) < 4.78 is 0. The van der Waals surface area contributed by atoms with Crippen molar-refractivity contribution in [2.45, 2.75) is 25.9 Å². The van der Waals surface area contributed by atoms with Crippen LogP contribution in [0.3, 0.4) is 0 Å². The predicted octanol–water partition coefficient (Wildman–Crippen LogP) is 1.14. The van der Waals surface area contributed by atoms with Gasteiger partial charge in [0, 0.05) is 19.3 Å². The minimum atomic E-state index is 0.546. The molecule has 0 unspecified atom stereocenters. The Balaban J connectivity index is 2.07. The van der Waals surface area contributed by atoms with Gasteiger partial charge in [0.05, 0.1) is 5.69 Å². The molecule has 1 aliphatic heterocycles. The van der Waals surface area contributed by atoms with Gasteiger partial charge >= 0.3 is 0 Å². The Hall–Kier alpha value is -0.930. The third-order valence-corrected chi connectivity index (χ3v) is 2.77. The average molecular weight is 191 g/mol. The number of nitrogens with two attached hydrogens (primary N) is 1. The van der Waals surface area contributed by atoms with Crippen molar-refractivity contribution >= 4 is 0 Å². The molecule has 2 heterocycles. The first-order valence-electron chi connectivity index (χ1n) is 5.25. The fraction of sp³-hybridized carbons (Fsp3) is 0.545. The summed E-state index contributed by atoms with van der Waals surface area (Å²) in [6, 6.07) is 4.12. The summed E-state index contributed by atoms with van der Waals surface area (Å²) in [5, 5.41) is 0. The van der Waals surface area contributed by atoms with Gasteiger partial charge in [0.1, 0.15) is 0 Å². The Bertz CT molecular complexity index is 292. The first-order chi connectivity index (χ1) is 6.90. The molecule has 1 aliphatic rings. The number of hydrogen-bond acceptors (Lipinski definition) is 3. The SMILES string of the molecule is NCc1ncccc1CN1CCCC1. The van der Waals surface area contributed by atoms with Crippen molar-refractivity contribution in [3.8, 4) is 0 Å². The van der Waals surface area contributed by atoms with E-state index in [1.165, 1.54) is 31.5 Å². The molecule has 14 heavy (non-hydrogen) atoms. The minimum Gasteiger partial charge on any atom is -0.325 e. The number of hydrogen-bond donors (Lipinski definition) is 1. The molecule has 2 N–H and O–H groups in total. The van der Waals surface area contributed by atoms with Gasteiger partial charge in [-0.05, 0) is 37.6 Å². The number of nitrogens with zero attached hydrogens (tertiary/aromatic N) is 2. The van der Waals surface area contributed by atoms with E-state index in [1.807, 2.05) is 12.3 Å². The molecule has 1 saturated heterocycles. The van der Waals surface area contributed by atoms with Crippen LogP contribution >= 0.6 is 0 Å². The summed E-state index contributed by atoms with van der Waals surface area (Å²) in [5.74, 6) is 0. The molecule has 3 heteroatoms. The molecule has 0 aliphatic carbocycles. The van der Waals surface area contributed by atoms with E-state index < -0.39 is 0 Å². The van der Waals surface area contributed by atoms with Crippen molar-refractivity contribution in [1.82, 2.24) is 9.88 Å². The van der Waals surface area contributed by atoms with Crippen LogP contribution < -0.4 is 5.73 Å². The van der Waals surface area contributed by atoms with E-state index in [4.69, 9.17) is 5.73 Å². The number of aromatic nitrogens is 1. The third kappa shape index (κ3) is 2.11. The van der Waals surface area contributed by atoms with Gasteiger partial charge in [0.25, 0.3) is 0 Å². The van der Waals surface area contributed by atoms with Crippen LogP contribution in [-0.4, -0.2) is 23.0 Å². The lowest BCUT2D eigenvalue weighted by atomic mass is 10.2. The lowest BCUT2D eigenvalue weighted by Crippen LogP contribution is -2.20. The van der Waals surface area contributed by atoms with E-state index in [9.17, 15) is 0 Å². The standard InChI is InChI=1S/C11H17N3/c12-8-11-10(4-3-5-13-11)9-14-6-1-2-7-14/h3-5H,1-2,6-9,12H2. The monoisotopic (exact) mass is 191 g/mol. The molecule has 0 atom stereocenters. The summed E-state index contributed by atoms with van der Waals surface area (Å²) in [6.45, 7) is 4.00. The Kier molecular flexibility index (Phi) is 3.11. The quantitative estimate of drug-likeness (QED) is 0.779. The van der Waals surface area contributed by atoms with Crippen LogP contribution in [0.5, 0.6) is 0 Å². The lowest BCUT2D eigenvalue weighted by Gasteiger charge is -2.16. The van der Waals surface area contributed by atoms with Crippen LogP contribution in [0, 0.1) is 0 Å². The molecule has 0 radical (unpaired) electrons. The van der Waals surface area contributed by atoms with Gasteiger partial charge in [-0.2, -0.15) is 0 Å². The van der Waals surface area contributed by atoms with Crippen LogP contribution in [0.2, 0.25) is 0 Å². The Morgan fingerprint density at radius 2 is 2.14 bits per heavy atom. The topological polar surface area (TPSA) is 42.1 Å². The van der Waals surface area contributed by atoms with E-state index in [-0.39, 0.29) is 0 Å². The molecule has 0 saturated carbocycles. The summed E-state index contributed by atoms with van der Waals surface area (Å²) in [5.41, 5.74) is 7.97. The van der Waals surface area contributed by atoms with Crippen LogP contribution in [0.4, 0.5) is 0 Å². The smallest absolute Gasteiger partial charge is 0.0584 e. The van der Waals surface area contributed by atoms with Crippen LogP contribution in [0.15, 0.2) is 18.3 Å². The molecule has 76 valence electrons. The second kappa shape index (κ2) is 4.53. The normalized spacial score (nSPS) is 17.5. The van der Waals surface area contributed by atoms with Crippen molar-refractivity contribution in [3.63, 3.8) is 0 Å². The molecule has 0 spiro atoms. The summed E-state index contributed by atoms with van der Waals surface area (Å²) >= 11 is 0. The molecule has 0 bridgehead atoms. The molecular formula is C11H17N3. The van der Waals surface area contributed by atoms with Crippen molar-refractivity contribution in [2.75, 3.05) is 13.1 Å². The van der Waals surface area contributed by atoms with Crippen molar-refractivity contribution in [2.24, 2.45) is 5.73 Å². The zero-order valence-corrected chi connectivity index (χ0v) is 8.45. The maximum Gasteiger partial charge on any atom is 0.0584 e. The van der Waals surface area contributed by atoms with Crippen LogP contribution in [0.25, 0.3) is 0 Å². The predicted molar refractivity (Wildman–Crippen MR) is 56.6 cm³/mol. The van der Waals surface area contributed by atoms with E-state index in [2.05, 4.69) is 16.0 Å². The summed E-state index contributed by atoms with van der Waals surface area (Å²) in [6.07, 6.45) is 4.48. The first-order valence-corrected chi connectivity index (χ1v) is 5.25. The third-order valence-electron chi connectivity index (χ3n) is 2.77. The van der Waals surface area contributed by atoms with Gasteiger partial charge in [-0.1, -0.05) is 6.07 Å². The lowest BCUT2D eigenvalue weighted by molar-refractivity contribution is 0.330. The molecule has 0 aromatic carbocycles. The van der Waals surface area contributed by atoms with Crippen molar-refractivity contribution in [1.29, 1.82) is 0 Å². The largest absolute Gasteiger partial charge is 0.325 e. The highest BCUT2D eigenvalue weighted by atomic mass is 15.1. The molecule has 2 rings (SSSR count). The van der Waals surface area contributed by atoms with Crippen LogP contribution in [-0.2, 0) is 13.1 Å². The summed E-state index contributed by atoms with van der Waals surface area (Å²) in [7, 11) is 0. The maximum atomic E-state index is 5.64. The van der Waals surface area contributed by atoms with Gasteiger partial charge in [-0.25, -0.2) is 0 Å². The molecule has 3 nitrogen and oxygen atoms in total. The molecule has 1 aromatic heterocycles. The van der Waals surface area contributed by atoms with Crippen LogP contribution in [0.1, 0.15) is 24.1 Å². The highest BCUT2D eigenvalue weighted by Gasteiger charge is 2.13. The highest BCUT2D eigenvalue weighted by Crippen LogP contribution is 2.14. The Morgan fingerprint density at radius 3 is 2.86 bits per heavy atom. The number of likely N-dealkylation sites (tertiary alicyclic amines) is 1. The van der Waals surface area contributed by atoms with Gasteiger partial charge in [0.15, 0.2) is 0 Å².